The summed E-state index contributed by atoms with van der Waals surface area (Å²) in [4.78, 5) is 11.5. The summed E-state index contributed by atoms with van der Waals surface area (Å²) in [5.41, 5.74) is 6.29. The Morgan fingerprint density at radius 1 is 1.41 bits per heavy atom. The maximum atomic E-state index is 13.1. The molecule has 1 atom stereocenters. The fraction of sp³-hybridized carbons (Fsp3) is 0.417. The quantitative estimate of drug-likeness (QED) is 0.624. The number of carbonyl (C=O) groups is 1. The summed E-state index contributed by atoms with van der Waals surface area (Å²) in [6.07, 6.45) is 0. The van der Waals surface area contributed by atoms with Gasteiger partial charge in [-0.05, 0) is 24.1 Å². The number of carbonyl (C=O) groups excluding carboxylic acids is 1. The molecule has 1 unspecified atom stereocenters. The van der Waals surface area contributed by atoms with E-state index >= 15 is 0 Å². The summed E-state index contributed by atoms with van der Waals surface area (Å²) in [5.74, 6) is -0.811. The van der Waals surface area contributed by atoms with Gasteiger partial charge in [0.2, 0.25) is 0 Å². The highest BCUT2D eigenvalue weighted by Crippen LogP contribution is 2.18. The summed E-state index contributed by atoms with van der Waals surface area (Å²) in [6.45, 7) is 3.74. The Labute approximate surface area is 100.0 Å². The largest absolute Gasteiger partial charge is 0.467 e. The lowest BCUT2D eigenvalue weighted by molar-refractivity contribution is -0.142. The number of nitrogens with two attached hydrogens (primary N) is 1. The number of nitrogen functional groups attached to an aromatic ring is 1. The molecule has 0 aliphatic carbocycles. The molecular weight excluding hydrogens is 223 g/mol. The molecule has 1 rings (SSSR count). The molecule has 0 radical (unpaired) electrons. The van der Waals surface area contributed by atoms with E-state index in [1.54, 1.807) is 6.07 Å². The Kier molecular flexibility index (Phi) is 4.31. The van der Waals surface area contributed by atoms with Gasteiger partial charge in [0.15, 0.2) is 0 Å². The van der Waals surface area contributed by atoms with Gasteiger partial charge in [0.25, 0.3) is 0 Å². The van der Waals surface area contributed by atoms with Crippen LogP contribution in [0.4, 0.5) is 15.8 Å². The van der Waals surface area contributed by atoms with Crippen molar-refractivity contribution in [2.45, 2.75) is 19.9 Å². The van der Waals surface area contributed by atoms with Crippen LogP contribution in [-0.4, -0.2) is 19.1 Å². The summed E-state index contributed by atoms with van der Waals surface area (Å²) in [6, 6.07) is 3.55. The minimum atomic E-state index is -0.527. The molecule has 1 aromatic rings. The number of hydrogen-bond acceptors (Lipinski definition) is 4. The Morgan fingerprint density at radius 2 is 2.06 bits per heavy atom. The van der Waals surface area contributed by atoms with Crippen LogP contribution in [0.2, 0.25) is 0 Å². The number of nitrogens with one attached hydrogen (secondary N) is 1. The third-order valence-corrected chi connectivity index (χ3v) is 2.36. The van der Waals surface area contributed by atoms with Crippen LogP contribution in [0.3, 0.4) is 0 Å². The van der Waals surface area contributed by atoms with Gasteiger partial charge in [-0.2, -0.15) is 0 Å². The van der Waals surface area contributed by atoms with Crippen LogP contribution in [0.15, 0.2) is 18.2 Å². The minimum Gasteiger partial charge on any atom is -0.467 e. The Hall–Kier alpha value is -1.78. The molecule has 0 aliphatic rings. The van der Waals surface area contributed by atoms with Crippen molar-refractivity contribution in [3.63, 3.8) is 0 Å². The van der Waals surface area contributed by atoms with Gasteiger partial charge < -0.3 is 15.8 Å². The Morgan fingerprint density at radius 3 is 2.53 bits per heavy atom. The summed E-state index contributed by atoms with van der Waals surface area (Å²) < 4.78 is 17.8. The smallest absolute Gasteiger partial charge is 0.328 e. The van der Waals surface area contributed by atoms with Crippen LogP contribution < -0.4 is 11.1 Å². The van der Waals surface area contributed by atoms with Crippen molar-refractivity contribution in [1.29, 1.82) is 0 Å². The summed E-state index contributed by atoms with van der Waals surface area (Å²) >= 11 is 0. The summed E-state index contributed by atoms with van der Waals surface area (Å²) in [5, 5.41) is 2.92. The first-order chi connectivity index (χ1) is 7.93. The van der Waals surface area contributed by atoms with Crippen LogP contribution in [0.25, 0.3) is 0 Å². The van der Waals surface area contributed by atoms with Crippen LogP contribution in [0, 0.1) is 11.7 Å². The number of rotatable bonds is 4. The fourth-order valence-electron chi connectivity index (χ4n) is 1.50. The molecule has 0 fully saturated rings. The highest BCUT2D eigenvalue weighted by Gasteiger charge is 2.22. The lowest BCUT2D eigenvalue weighted by Crippen LogP contribution is -2.35. The second-order valence-electron chi connectivity index (χ2n) is 4.16. The number of ether oxygens (including phenoxy) is 1. The molecule has 3 N–H and O–H groups in total. The van der Waals surface area contributed by atoms with E-state index in [-0.39, 0.29) is 11.9 Å². The molecule has 0 aromatic heterocycles. The monoisotopic (exact) mass is 240 g/mol. The molecule has 0 heterocycles. The number of benzene rings is 1. The van der Waals surface area contributed by atoms with Gasteiger partial charge in [-0.1, -0.05) is 13.8 Å². The molecule has 0 bridgehead atoms. The molecule has 94 valence electrons. The number of halogens is 1. The van der Waals surface area contributed by atoms with E-state index in [2.05, 4.69) is 10.1 Å². The van der Waals surface area contributed by atoms with Gasteiger partial charge in [-0.25, -0.2) is 9.18 Å². The Bertz CT molecular complexity index is 387. The Balaban J connectivity index is 2.89. The zero-order valence-corrected chi connectivity index (χ0v) is 10.2. The van der Waals surface area contributed by atoms with Gasteiger partial charge in [0.05, 0.1) is 7.11 Å². The molecule has 0 saturated heterocycles. The van der Waals surface area contributed by atoms with E-state index in [0.717, 1.165) is 0 Å². The normalized spacial score (nSPS) is 12.3. The van der Waals surface area contributed by atoms with E-state index in [1.165, 1.54) is 19.2 Å². The topological polar surface area (TPSA) is 64.3 Å². The zero-order valence-electron chi connectivity index (χ0n) is 10.2. The van der Waals surface area contributed by atoms with Crippen molar-refractivity contribution >= 4 is 17.3 Å². The van der Waals surface area contributed by atoms with Gasteiger partial charge in [-0.15, -0.1) is 0 Å². The first-order valence-electron chi connectivity index (χ1n) is 5.34. The van der Waals surface area contributed by atoms with E-state index < -0.39 is 11.9 Å². The van der Waals surface area contributed by atoms with Crippen molar-refractivity contribution in [3.05, 3.63) is 24.0 Å². The lowest BCUT2D eigenvalue weighted by atomic mass is 10.0. The molecule has 5 heteroatoms. The molecular formula is C12H17FN2O2. The van der Waals surface area contributed by atoms with Crippen LogP contribution in [-0.2, 0) is 9.53 Å². The van der Waals surface area contributed by atoms with E-state index in [1.807, 2.05) is 13.8 Å². The lowest BCUT2D eigenvalue weighted by Gasteiger charge is -2.21. The fourth-order valence-corrected chi connectivity index (χ4v) is 1.50. The molecule has 17 heavy (non-hydrogen) atoms. The molecule has 0 spiro atoms. The van der Waals surface area contributed by atoms with Crippen molar-refractivity contribution in [1.82, 2.24) is 0 Å². The zero-order chi connectivity index (χ0) is 13.0. The highest BCUT2D eigenvalue weighted by molar-refractivity contribution is 5.79. The standard InChI is InChI=1S/C12H17FN2O2/c1-7(2)11(12(16)17-3)15-10-5-8(13)4-9(14)6-10/h4-7,11,15H,14H2,1-3H3. The average molecular weight is 240 g/mol. The second-order valence-corrected chi connectivity index (χ2v) is 4.16. The molecule has 0 aliphatic heterocycles. The first-order valence-corrected chi connectivity index (χ1v) is 5.34. The van der Waals surface area contributed by atoms with Crippen LogP contribution in [0.1, 0.15) is 13.8 Å². The average Bonchev–Trinajstić information content (AvgIpc) is 2.23. The third kappa shape index (κ3) is 3.62. The molecule has 4 nitrogen and oxygen atoms in total. The van der Waals surface area contributed by atoms with Gasteiger partial charge in [0, 0.05) is 11.4 Å². The van der Waals surface area contributed by atoms with Crippen molar-refractivity contribution in [2.75, 3.05) is 18.2 Å². The first kappa shape index (κ1) is 13.3. The number of esters is 1. The molecule has 1 aromatic carbocycles. The van der Waals surface area contributed by atoms with Crippen LogP contribution in [0.5, 0.6) is 0 Å². The summed E-state index contributed by atoms with van der Waals surface area (Å²) in [7, 11) is 1.32. The maximum absolute atomic E-state index is 13.1. The van der Waals surface area contributed by atoms with E-state index in [0.29, 0.717) is 11.4 Å². The second kappa shape index (κ2) is 5.52. The van der Waals surface area contributed by atoms with Gasteiger partial charge >= 0.3 is 5.97 Å². The maximum Gasteiger partial charge on any atom is 0.328 e. The van der Waals surface area contributed by atoms with Crippen molar-refractivity contribution < 1.29 is 13.9 Å². The SMILES string of the molecule is COC(=O)C(Nc1cc(N)cc(F)c1)C(C)C. The van der Waals surface area contributed by atoms with E-state index in [4.69, 9.17) is 5.73 Å². The highest BCUT2D eigenvalue weighted by atomic mass is 19.1. The number of hydrogen-bond donors (Lipinski definition) is 2. The number of anilines is 2. The van der Waals surface area contributed by atoms with E-state index in [9.17, 15) is 9.18 Å². The van der Waals surface area contributed by atoms with Crippen LogP contribution >= 0.6 is 0 Å². The molecule has 0 amide bonds. The van der Waals surface area contributed by atoms with Crippen molar-refractivity contribution in [2.24, 2.45) is 5.92 Å². The third-order valence-electron chi connectivity index (χ3n) is 2.36. The van der Waals surface area contributed by atoms with Gasteiger partial charge in [0.1, 0.15) is 11.9 Å². The predicted octanol–water partition coefficient (Wildman–Crippen LogP) is 2.02. The predicted molar refractivity (Wildman–Crippen MR) is 65.1 cm³/mol. The minimum absolute atomic E-state index is 0.0203. The number of methoxy groups -OCH3 is 1. The van der Waals surface area contributed by atoms with Gasteiger partial charge in [-0.3, -0.25) is 0 Å². The van der Waals surface area contributed by atoms with Crippen molar-refractivity contribution in [3.8, 4) is 0 Å². The molecule has 0 saturated carbocycles.